The Bertz CT molecular complexity index is 1160. The van der Waals surface area contributed by atoms with E-state index in [2.05, 4.69) is 4.98 Å². The van der Waals surface area contributed by atoms with Gasteiger partial charge in [0.25, 0.3) is 0 Å². The molecule has 1 aromatic heterocycles. The van der Waals surface area contributed by atoms with Gasteiger partial charge in [0.2, 0.25) is 11.9 Å². The molecule has 2 aromatic carbocycles. The van der Waals surface area contributed by atoms with Crippen molar-refractivity contribution in [2.75, 3.05) is 38.9 Å². The van der Waals surface area contributed by atoms with E-state index in [4.69, 9.17) is 14.2 Å². The van der Waals surface area contributed by atoms with Crippen LogP contribution in [0.2, 0.25) is 0 Å². The first-order valence-corrected chi connectivity index (χ1v) is 10.3. The second-order valence-electron chi connectivity index (χ2n) is 7.36. The molecule has 0 spiro atoms. The van der Waals surface area contributed by atoms with Gasteiger partial charge in [-0.2, -0.15) is 0 Å². The molecule has 9 nitrogen and oxygen atoms in total. The third-order valence-electron chi connectivity index (χ3n) is 5.55. The third-order valence-corrected chi connectivity index (χ3v) is 5.55. The number of rotatable bonds is 7. The molecule has 0 aliphatic carbocycles. The van der Waals surface area contributed by atoms with Crippen LogP contribution in [-0.2, 0) is 19.1 Å². The van der Waals surface area contributed by atoms with Crippen molar-refractivity contribution in [2.45, 2.75) is 13.0 Å². The number of phenolic OH excluding ortho intramolecular Hbond substituents is 1. The largest absolute Gasteiger partial charge is 0.504 e. The number of anilines is 1. The quantitative estimate of drug-likeness (QED) is 0.446. The Labute approximate surface area is 185 Å². The van der Waals surface area contributed by atoms with Gasteiger partial charge in [0, 0.05) is 7.11 Å². The number of fused-ring (bicyclic) bond motifs is 3. The molecule has 4 rings (SSSR count). The number of phenols is 1. The minimum atomic E-state index is -1.16. The Morgan fingerprint density at radius 3 is 2.66 bits per heavy atom. The Balaban J connectivity index is 1.98. The van der Waals surface area contributed by atoms with Gasteiger partial charge < -0.3 is 23.9 Å². The maximum Gasteiger partial charge on any atom is 0.321 e. The lowest BCUT2D eigenvalue weighted by atomic mass is 9.89. The number of hydrogen-bond donors (Lipinski definition) is 1. The van der Waals surface area contributed by atoms with Crippen LogP contribution in [-0.4, -0.2) is 60.5 Å². The van der Waals surface area contributed by atoms with E-state index in [1.807, 2.05) is 28.8 Å². The van der Waals surface area contributed by atoms with Crippen LogP contribution in [0.5, 0.6) is 11.5 Å². The number of imidazole rings is 1. The minimum Gasteiger partial charge on any atom is -0.504 e. The standard InChI is InChI=1S/C23H25N3O6/c1-4-32-22(29)19-20(14-9-10-18(31-3)17(27)13-14)26-16-8-6-5-7-15(16)24-23(26)25(21(19)28)11-12-30-2/h5-10,13,19-20,27H,4,11-12H2,1-3H3/t19-,20+/m1/s1. The highest BCUT2D eigenvalue weighted by Gasteiger charge is 2.47. The average molecular weight is 439 g/mol. The van der Waals surface area contributed by atoms with E-state index in [1.54, 1.807) is 26.2 Å². The van der Waals surface area contributed by atoms with Crippen LogP contribution in [0, 0.1) is 5.92 Å². The van der Waals surface area contributed by atoms with Crippen molar-refractivity contribution in [2.24, 2.45) is 5.92 Å². The first-order valence-electron chi connectivity index (χ1n) is 10.3. The fourth-order valence-corrected chi connectivity index (χ4v) is 4.13. The number of hydrogen-bond acceptors (Lipinski definition) is 7. The highest BCUT2D eigenvalue weighted by molar-refractivity contribution is 6.08. The number of aromatic nitrogens is 2. The van der Waals surface area contributed by atoms with E-state index in [9.17, 15) is 14.7 Å². The molecule has 1 N–H and O–H groups in total. The van der Waals surface area contributed by atoms with Crippen molar-refractivity contribution < 1.29 is 28.9 Å². The number of aromatic hydroxyl groups is 1. The van der Waals surface area contributed by atoms with Crippen LogP contribution in [0.1, 0.15) is 18.5 Å². The number of carbonyl (C=O) groups excluding carboxylic acids is 2. The molecule has 2 atom stereocenters. The first-order chi connectivity index (χ1) is 15.5. The molecule has 0 unspecified atom stereocenters. The first kappa shape index (κ1) is 21.6. The molecule has 9 heteroatoms. The van der Waals surface area contributed by atoms with Crippen molar-refractivity contribution in [3.05, 3.63) is 48.0 Å². The van der Waals surface area contributed by atoms with Gasteiger partial charge in [-0.1, -0.05) is 18.2 Å². The number of amides is 1. The predicted molar refractivity (Wildman–Crippen MR) is 117 cm³/mol. The highest BCUT2D eigenvalue weighted by Crippen LogP contribution is 2.42. The normalized spacial score (nSPS) is 18.0. The lowest BCUT2D eigenvalue weighted by Gasteiger charge is -2.37. The Kier molecular flexibility index (Phi) is 6.00. The topological polar surface area (TPSA) is 103 Å². The van der Waals surface area contributed by atoms with Crippen molar-refractivity contribution in [1.29, 1.82) is 0 Å². The summed E-state index contributed by atoms with van der Waals surface area (Å²) in [7, 11) is 3.00. The van der Waals surface area contributed by atoms with E-state index < -0.39 is 23.8 Å². The lowest BCUT2D eigenvalue weighted by Crippen LogP contribution is -2.51. The molecule has 0 saturated carbocycles. The predicted octanol–water partition coefficient (Wildman–Crippen LogP) is 2.51. The van der Waals surface area contributed by atoms with Crippen LogP contribution in [0.15, 0.2) is 42.5 Å². The molecule has 1 aliphatic rings. The summed E-state index contributed by atoms with van der Waals surface area (Å²) in [5.74, 6) is -1.61. The maximum absolute atomic E-state index is 13.6. The zero-order chi connectivity index (χ0) is 22.8. The Hall–Kier alpha value is -3.59. The van der Waals surface area contributed by atoms with Crippen LogP contribution in [0.3, 0.4) is 0 Å². The maximum atomic E-state index is 13.6. The zero-order valence-corrected chi connectivity index (χ0v) is 18.1. The summed E-state index contributed by atoms with van der Waals surface area (Å²) >= 11 is 0. The van der Waals surface area contributed by atoms with Crippen molar-refractivity contribution in [3.63, 3.8) is 0 Å². The van der Waals surface area contributed by atoms with E-state index in [0.717, 1.165) is 5.52 Å². The number of carbonyl (C=O) groups is 2. The minimum absolute atomic E-state index is 0.0900. The highest BCUT2D eigenvalue weighted by atomic mass is 16.5. The molecule has 0 saturated heterocycles. The summed E-state index contributed by atoms with van der Waals surface area (Å²) in [6.45, 7) is 2.34. The van der Waals surface area contributed by atoms with Crippen molar-refractivity contribution in [1.82, 2.24) is 9.55 Å². The van der Waals surface area contributed by atoms with Gasteiger partial charge in [0.05, 0.1) is 43.9 Å². The van der Waals surface area contributed by atoms with E-state index >= 15 is 0 Å². The monoisotopic (exact) mass is 439 g/mol. The third kappa shape index (κ3) is 3.54. The second kappa shape index (κ2) is 8.88. The van der Waals surface area contributed by atoms with Gasteiger partial charge in [-0.15, -0.1) is 0 Å². The lowest BCUT2D eigenvalue weighted by molar-refractivity contribution is -0.153. The van der Waals surface area contributed by atoms with Crippen LogP contribution in [0.4, 0.5) is 5.95 Å². The zero-order valence-electron chi connectivity index (χ0n) is 18.1. The summed E-state index contributed by atoms with van der Waals surface area (Å²) in [6, 6.07) is 11.5. The smallest absolute Gasteiger partial charge is 0.321 e. The Morgan fingerprint density at radius 1 is 1.19 bits per heavy atom. The molecule has 168 valence electrons. The molecule has 1 amide bonds. The van der Waals surface area contributed by atoms with Gasteiger partial charge in [0.1, 0.15) is 0 Å². The molecule has 2 heterocycles. The van der Waals surface area contributed by atoms with Gasteiger partial charge in [-0.05, 0) is 36.8 Å². The molecule has 1 aliphatic heterocycles. The number of para-hydroxylation sites is 2. The van der Waals surface area contributed by atoms with Crippen LogP contribution >= 0.6 is 0 Å². The van der Waals surface area contributed by atoms with E-state index in [1.165, 1.54) is 18.1 Å². The average Bonchev–Trinajstić information content (AvgIpc) is 3.17. The van der Waals surface area contributed by atoms with Crippen molar-refractivity contribution >= 4 is 28.9 Å². The number of ether oxygens (including phenoxy) is 3. The molecule has 0 fully saturated rings. The van der Waals surface area contributed by atoms with Crippen LogP contribution < -0.4 is 9.64 Å². The van der Waals surface area contributed by atoms with Crippen molar-refractivity contribution in [3.8, 4) is 11.5 Å². The fraction of sp³-hybridized carbons (Fsp3) is 0.348. The number of esters is 1. The Morgan fingerprint density at radius 2 is 1.97 bits per heavy atom. The molecule has 0 radical (unpaired) electrons. The second-order valence-corrected chi connectivity index (χ2v) is 7.36. The van der Waals surface area contributed by atoms with Gasteiger partial charge >= 0.3 is 5.97 Å². The number of methoxy groups -OCH3 is 2. The fourth-order valence-electron chi connectivity index (χ4n) is 4.13. The molecule has 32 heavy (non-hydrogen) atoms. The van der Waals surface area contributed by atoms with Gasteiger partial charge in [-0.25, -0.2) is 4.98 Å². The van der Waals surface area contributed by atoms with Gasteiger partial charge in [0.15, 0.2) is 17.4 Å². The summed E-state index contributed by atoms with van der Waals surface area (Å²) in [5.41, 5.74) is 2.00. The SMILES string of the molecule is CCOC(=O)[C@H]1C(=O)N(CCOC)c2nc3ccccc3n2[C@H]1c1ccc(OC)c(O)c1. The summed E-state index contributed by atoms with van der Waals surface area (Å²) in [4.78, 5) is 32.8. The molecule has 0 bridgehead atoms. The summed E-state index contributed by atoms with van der Waals surface area (Å²) in [6.07, 6.45) is 0. The van der Waals surface area contributed by atoms with Crippen LogP contribution in [0.25, 0.3) is 11.0 Å². The van der Waals surface area contributed by atoms with E-state index in [0.29, 0.717) is 22.8 Å². The molecular formula is C23H25N3O6. The number of benzene rings is 2. The summed E-state index contributed by atoms with van der Waals surface area (Å²) < 4.78 is 17.5. The summed E-state index contributed by atoms with van der Waals surface area (Å²) in [5, 5.41) is 10.4. The van der Waals surface area contributed by atoms with E-state index in [-0.39, 0.29) is 25.5 Å². The number of nitrogens with zero attached hydrogens (tertiary/aromatic N) is 3. The van der Waals surface area contributed by atoms with Gasteiger partial charge in [-0.3, -0.25) is 14.5 Å². The molecule has 3 aromatic rings. The molecular weight excluding hydrogens is 414 g/mol.